The fourth-order valence-electron chi connectivity index (χ4n) is 2.42. The Kier molecular flexibility index (Phi) is 4.31. The second-order valence-electron chi connectivity index (χ2n) is 5.76. The molecule has 1 amide bonds. The summed E-state index contributed by atoms with van der Waals surface area (Å²) in [5.74, 6) is -0.121. The number of sulfonamides is 1. The highest BCUT2D eigenvalue weighted by Gasteiger charge is 2.25. The van der Waals surface area contributed by atoms with Gasteiger partial charge in [-0.2, -0.15) is 0 Å². The monoisotopic (exact) mass is 362 g/mol. The Bertz CT molecular complexity index is 923. The molecular weight excluding hydrogens is 344 g/mol. The summed E-state index contributed by atoms with van der Waals surface area (Å²) in [4.78, 5) is 12.8. The van der Waals surface area contributed by atoms with Crippen molar-refractivity contribution in [2.75, 3.05) is 10.0 Å². The van der Waals surface area contributed by atoms with Crippen molar-refractivity contribution in [2.24, 2.45) is 0 Å². The topological polar surface area (TPSA) is 75.3 Å². The molecule has 2 aromatic carbocycles. The maximum atomic E-state index is 12.7. The number of benzene rings is 2. The molecule has 5 nitrogen and oxygen atoms in total. The second kappa shape index (κ2) is 6.14. The van der Waals surface area contributed by atoms with Crippen molar-refractivity contribution in [3.8, 4) is 0 Å². The Balaban J connectivity index is 1.95. The fraction of sp³-hybridized carbons (Fsp3) is 0.235. The van der Waals surface area contributed by atoms with Gasteiger partial charge in [0.05, 0.1) is 21.5 Å². The summed E-state index contributed by atoms with van der Waals surface area (Å²) >= 11 is 1.42. The summed E-state index contributed by atoms with van der Waals surface area (Å²) in [7, 11) is -3.73. The fourth-order valence-corrected chi connectivity index (χ4v) is 4.50. The average Bonchev–Trinajstić information content (AvgIpc) is 2.52. The maximum Gasteiger partial charge on any atom is 0.261 e. The number of hydrogen-bond donors (Lipinski definition) is 2. The summed E-state index contributed by atoms with van der Waals surface area (Å²) in [6.45, 7) is 5.62. The SMILES string of the molecule is Cc1cccc(NS(=O)(=O)c2ccc3c(c2)NC(=O)[C@H](C)S3)c1C. The molecule has 1 aliphatic heterocycles. The van der Waals surface area contributed by atoms with Crippen molar-refractivity contribution >= 4 is 39.1 Å². The molecule has 0 saturated carbocycles. The van der Waals surface area contributed by atoms with E-state index in [1.807, 2.05) is 32.9 Å². The molecular formula is C17H18N2O3S2. The number of hydrogen-bond acceptors (Lipinski definition) is 4. The van der Waals surface area contributed by atoms with Gasteiger partial charge in [0.2, 0.25) is 5.91 Å². The van der Waals surface area contributed by atoms with Gasteiger partial charge in [0.15, 0.2) is 0 Å². The molecule has 24 heavy (non-hydrogen) atoms. The van der Waals surface area contributed by atoms with Gasteiger partial charge in [0, 0.05) is 4.90 Å². The van der Waals surface area contributed by atoms with E-state index in [1.165, 1.54) is 17.8 Å². The minimum Gasteiger partial charge on any atom is -0.324 e. The molecule has 3 rings (SSSR count). The molecule has 0 radical (unpaired) electrons. The van der Waals surface area contributed by atoms with Crippen molar-refractivity contribution in [2.45, 2.75) is 35.8 Å². The number of carbonyl (C=O) groups is 1. The largest absolute Gasteiger partial charge is 0.324 e. The highest BCUT2D eigenvalue weighted by Crippen LogP contribution is 2.37. The summed E-state index contributed by atoms with van der Waals surface area (Å²) in [5, 5.41) is 2.57. The smallest absolute Gasteiger partial charge is 0.261 e. The number of thioether (sulfide) groups is 1. The minimum absolute atomic E-state index is 0.121. The average molecular weight is 362 g/mol. The van der Waals surface area contributed by atoms with Gasteiger partial charge in [-0.1, -0.05) is 12.1 Å². The zero-order valence-corrected chi connectivity index (χ0v) is 15.2. The number of carbonyl (C=O) groups excluding carboxylic acids is 1. The van der Waals surface area contributed by atoms with E-state index in [-0.39, 0.29) is 16.1 Å². The number of fused-ring (bicyclic) bond motifs is 1. The molecule has 126 valence electrons. The Labute approximate surface area is 145 Å². The van der Waals surface area contributed by atoms with Gasteiger partial charge in [-0.15, -0.1) is 11.8 Å². The maximum absolute atomic E-state index is 12.7. The van der Waals surface area contributed by atoms with E-state index in [9.17, 15) is 13.2 Å². The van der Waals surface area contributed by atoms with E-state index in [0.29, 0.717) is 11.4 Å². The predicted molar refractivity (Wildman–Crippen MR) is 97.1 cm³/mol. The quantitative estimate of drug-likeness (QED) is 0.876. The van der Waals surface area contributed by atoms with Gasteiger partial charge in [-0.3, -0.25) is 9.52 Å². The first-order valence-electron chi connectivity index (χ1n) is 7.48. The molecule has 2 aromatic rings. The van der Waals surface area contributed by atoms with Crippen LogP contribution in [0.5, 0.6) is 0 Å². The molecule has 0 aromatic heterocycles. The molecule has 1 atom stereocenters. The van der Waals surface area contributed by atoms with Crippen LogP contribution in [0.25, 0.3) is 0 Å². The number of anilines is 2. The van der Waals surface area contributed by atoms with Gasteiger partial charge >= 0.3 is 0 Å². The summed E-state index contributed by atoms with van der Waals surface area (Å²) < 4.78 is 28.0. The van der Waals surface area contributed by atoms with E-state index in [1.54, 1.807) is 18.2 Å². The first-order valence-corrected chi connectivity index (χ1v) is 9.85. The molecule has 0 bridgehead atoms. The number of rotatable bonds is 3. The third-order valence-electron chi connectivity index (χ3n) is 4.04. The highest BCUT2D eigenvalue weighted by atomic mass is 32.2. The van der Waals surface area contributed by atoms with E-state index in [4.69, 9.17) is 0 Å². The van der Waals surface area contributed by atoms with Gasteiger partial charge in [-0.25, -0.2) is 8.42 Å². The van der Waals surface area contributed by atoms with Crippen LogP contribution in [0.4, 0.5) is 11.4 Å². The lowest BCUT2D eigenvalue weighted by atomic mass is 10.1. The lowest BCUT2D eigenvalue weighted by Gasteiger charge is -2.22. The van der Waals surface area contributed by atoms with E-state index >= 15 is 0 Å². The lowest BCUT2D eigenvalue weighted by Crippen LogP contribution is -2.26. The first-order chi connectivity index (χ1) is 11.3. The first kappa shape index (κ1) is 16.9. The van der Waals surface area contributed by atoms with Crippen LogP contribution in [-0.2, 0) is 14.8 Å². The van der Waals surface area contributed by atoms with E-state index in [2.05, 4.69) is 10.0 Å². The summed E-state index contributed by atoms with van der Waals surface area (Å²) in [5.41, 5.74) is 2.99. The van der Waals surface area contributed by atoms with Gasteiger partial charge in [-0.05, 0) is 56.2 Å². The minimum atomic E-state index is -3.73. The van der Waals surface area contributed by atoms with E-state index < -0.39 is 10.0 Å². The van der Waals surface area contributed by atoms with Crippen LogP contribution in [0.3, 0.4) is 0 Å². The second-order valence-corrected chi connectivity index (χ2v) is 8.83. The Hall–Kier alpha value is -1.99. The van der Waals surface area contributed by atoms with Gasteiger partial charge in [0.1, 0.15) is 0 Å². The Morgan fingerprint density at radius 1 is 1.17 bits per heavy atom. The van der Waals surface area contributed by atoms with Crippen molar-refractivity contribution < 1.29 is 13.2 Å². The van der Waals surface area contributed by atoms with Crippen molar-refractivity contribution in [3.63, 3.8) is 0 Å². The van der Waals surface area contributed by atoms with Crippen LogP contribution >= 0.6 is 11.8 Å². The van der Waals surface area contributed by atoms with Crippen LogP contribution in [0.2, 0.25) is 0 Å². The molecule has 0 aliphatic carbocycles. The number of amides is 1. The molecule has 1 heterocycles. The Morgan fingerprint density at radius 2 is 1.92 bits per heavy atom. The third kappa shape index (κ3) is 3.14. The molecule has 0 fully saturated rings. The van der Waals surface area contributed by atoms with E-state index in [0.717, 1.165) is 16.0 Å². The van der Waals surface area contributed by atoms with Crippen LogP contribution in [-0.4, -0.2) is 19.6 Å². The van der Waals surface area contributed by atoms with Crippen molar-refractivity contribution in [3.05, 3.63) is 47.5 Å². The third-order valence-corrected chi connectivity index (χ3v) is 6.58. The molecule has 7 heteroatoms. The molecule has 1 aliphatic rings. The van der Waals surface area contributed by atoms with Gasteiger partial charge in [0.25, 0.3) is 10.0 Å². The summed E-state index contributed by atoms with van der Waals surface area (Å²) in [6, 6.07) is 10.3. The number of nitrogens with one attached hydrogen (secondary N) is 2. The lowest BCUT2D eigenvalue weighted by molar-refractivity contribution is -0.115. The molecule has 2 N–H and O–H groups in total. The predicted octanol–water partition coefficient (Wildman–Crippen LogP) is 3.54. The zero-order valence-electron chi connectivity index (χ0n) is 13.6. The Morgan fingerprint density at radius 3 is 2.67 bits per heavy atom. The summed E-state index contributed by atoms with van der Waals surface area (Å²) in [6.07, 6.45) is 0. The normalized spacial score (nSPS) is 17.1. The molecule has 0 unspecified atom stereocenters. The number of aryl methyl sites for hydroxylation is 1. The van der Waals surface area contributed by atoms with Crippen LogP contribution in [0.1, 0.15) is 18.1 Å². The van der Waals surface area contributed by atoms with Crippen LogP contribution in [0.15, 0.2) is 46.2 Å². The van der Waals surface area contributed by atoms with Gasteiger partial charge < -0.3 is 5.32 Å². The molecule has 0 saturated heterocycles. The highest BCUT2D eigenvalue weighted by molar-refractivity contribution is 8.01. The van der Waals surface area contributed by atoms with Crippen LogP contribution in [0, 0.1) is 13.8 Å². The van der Waals surface area contributed by atoms with Crippen LogP contribution < -0.4 is 10.0 Å². The van der Waals surface area contributed by atoms with Crippen molar-refractivity contribution in [1.29, 1.82) is 0 Å². The molecule has 0 spiro atoms. The van der Waals surface area contributed by atoms with Crippen molar-refractivity contribution in [1.82, 2.24) is 0 Å². The standard InChI is InChI=1S/C17H18N2O3S2/c1-10-5-4-6-14(11(10)2)19-24(21,22)13-7-8-16-15(9-13)18-17(20)12(3)23-16/h4-9,12,19H,1-3H3,(H,18,20)/t12-/m0/s1. The zero-order chi connectivity index (χ0) is 17.5.